The lowest BCUT2D eigenvalue weighted by Crippen LogP contribution is -2.25. The van der Waals surface area contributed by atoms with Gasteiger partial charge in [-0.15, -0.1) is 0 Å². The second-order valence-electron chi connectivity index (χ2n) is 8.33. The van der Waals surface area contributed by atoms with E-state index in [1.54, 1.807) is 13.2 Å². The Morgan fingerprint density at radius 2 is 1.18 bits per heavy atom. The van der Waals surface area contributed by atoms with E-state index < -0.39 is 5.60 Å². The number of allylic oxidation sites excluding steroid dienone is 2. The summed E-state index contributed by atoms with van der Waals surface area (Å²) < 4.78 is 16.9. The van der Waals surface area contributed by atoms with Crippen LogP contribution >= 0.6 is 0 Å². The minimum Gasteiger partial charge on any atom is -0.516 e. The first-order chi connectivity index (χ1) is 16.4. The van der Waals surface area contributed by atoms with Crippen molar-refractivity contribution in [1.82, 2.24) is 0 Å². The lowest BCUT2D eigenvalue weighted by molar-refractivity contribution is -0.0382. The van der Waals surface area contributed by atoms with E-state index in [0.29, 0.717) is 0 Å². The molecule has 3 aromatic carbocycles. The molecule has 0 radical (unpaired) electrons. The number of rotatable bonds is 10. The van der Waals surface area contributed by atoms with Gasteiger partial charge in [0, 0.05) is 7.11 Å². The second kappa shape index (κ2) is 11.9. The summed E-state index contributed by atoms with van der Waals surface area (Å²) in [5.74, 6) is 1.59. The Morgan fingerprint density at radius 3 is 1.68 bits per heavy atom. The monoisotopic (exact) mass is 456 g/mol. The summed E-state index contributed by atoms with van der Waals surface area (Å²) in [5.41, 5.74) is 3.70. The highest BCUT2D eigenvalue weighted by Crippen LogP contribution is 2.28. The predicted octanol–water partition coefficient (Wildman–Crippen LogP) is 7.63. The van der Waals surface area contributed by atoms with Crippen LogP contribution in [0.15, 0.2) is 91.2 Å². The van der Waals surface area contributed by atoms with Crippen LogP contribution in [0.2, 0.25) is 0 Å². The van der Waals surface area contributed by atoms with Crippen molar-refractivity contribution in [3.05, 3.63) is 113 Å². The highest BCUT2D eigenvalue weighted by Gasteiger charge is 2.22. The summed E-state index contributed by atoms with van der Waals surface area (Å²) in [4.78, 5) is 0. The molecule has 0 spiro atoms. The smallest absolute Gasteiger partial charge is 0.196 e. The van der Waals surface area contributed by atoms with Gasteiger partial charge in [-0.1, -0.05) is 72.8 Å². The van der Waals surface area contributed by atoms with Crippen LogP contribution in [0.5, 0.6) is 11.5 Å². The molecule has 4 heteroatoms. The Morgan fingerprint density at radius 1 is 0.706 bits per heavy atom. The lowest BCUT2D eigenvalue weighted by Gasteiger charge is -2.27. The molecule has 0 saturated heterocycles. The first-order valence-electron chi connectivity index (χ1n) is 11.2. The first-order valence-corrected chi connectivity index (χ1v) is 11.2. The third-order valence-corrected chi connectivity index (χ3v) is 5.33. The third-order valence-electron chi connectivity index (χ3n) is 5.33. The largest absolute Gasteiger partial charge is 0.516 e. The van der Waals surface area contributed by atoms with Crippen molar-refractivity contribution in [3.8, 4) is 11.5 Å². The molecular weight excluding hydrogens is 424 g/mol. The van der Waals surface area contributed by atoms with Crippen LogP contribution in [0.4, 0.5) is 0 Å². The van der Waals surface area contributed by atoms with Gasteiger partial charge in [0.1, 0.15) is 17.1 Å². The van der Waals surface area contributed by atoms with Gasteiger partial charge in [-0.3, -0.25) is 0 Å². The minimum absolute atomic E-state index is 0.270. The summed E-state index contributed by atoms with van der Waals surface area (Å²) in [6.45, 7) is 5.94. The van der Waals surface area contributed by atoms with E-state index in [9.17, 15) is 0 Å². The fraction of sp³-hybridized carbons (Fsp3) is 0.200. The van der Waals surface area contributed by atoms with E-state index >= 15 is 0 Å². The number of aliphatic hydroxyl groups is 1. The Labute approximate surface area is 202 Å². The molecule has 0 saturated carbocycles. The molecule has 176 valence electrons. The average Bonchev–Trinajstić information content (AvgIpc) is 2.84. The van der Waals surface area contributed by atoms with Gasteiger partial charge in [-0.25, -0.2) is 0 Å². The zero-order valence-corrected chi connectivity index (χ0v) is 20.1. The minimum atomic E-state index is -0.482. The van der Waals surface area contributed by atoms with Gasteiger partial charge in [0.05, 0.1) is 6.26 Å². The van der Waals surface area contributed by atoms with Crippen LogP contribution in [-0.2, 0) is 10.3 Å². The van der Waals surface area contributed by atoms with E-state index in [2.05, 4.69) is 6.08 Å². The summed E-state index contributed by atoms with van der Waals surface area (Å²) >= 11 is 0. The van der Waals surface area contributed by atoms with E-state index in [-0.39, 0.29) is 6.29 Å². The molecule has 34 heavy (non-hydrogen) atoms. The standard InChI is InChI=1S/C30H32O4/c1-23(32-4)33-28-17-11-24(12-18-28)7-5-6-8-25-13-19-29(20-14-25)34-30(2,3)27-15-9-26(10-16-27)21-22-31/h5-23,31H,1-4H3. The summed E-state index contributed by atoms with van der Waals surface area (Å²) in [5, 5.41) is 8.91. The van der Waals surface area contributed by atoms with Crippen LogP contribution in [0.25, 0.3) is 18.2 Å². The fourth-order valence-electron chi connectivity index (χ4n) is 3.31. The SMILES string of the molecule is COC(C)Oc1ccc(C=CC=Cc2ccc(OC(C)(C)c3ccc(C=CO)cc3)cc2)cc1. The Bertz CT molecular complexity index is 1110. The van der Waals surface area contributed by atoms with Crippen LogP contribution in [0.1, 0.15) is 43.0 Å². The van der Waals surface area contributed by atoms with Crippen molar-refractivity contribution in [3.63, 3.8) is 0 Å². The number of benzene rings is 3. The molecule has 3 rings (SSSR count). The molecule has 1 unspecified atom stereocenters. The normalized spacial score (nSPS) is 13.1. The molecule has 0 fully saturated rings. The summed E-state index contributed by atoms with van der Waals surface area (Å²) in [6.07, 6.45) is 10.5. The molecule has 1 atom stereocenters. The molecule has 0 aliphatic heterocycles. The fourth-order valence-corrected chi connectivity index (χ4v) is 3.31. The highest BCUT2D eigenvalue weighted by atomic mass is 16.7. The molecule has 0 aliphatic rings. The van der Waals surface area contributed by atoms with Gasteiger partial charge in [0.15, 0.2) is 6.29 Å². The Hall–Kier alpha value is -3.76. The van der Waals surface area contributed by atoms with E-state index in [1.807, 2.05) is 112 Å². The van der Waals surface area contributed by atoms with Gasteiger partial charge in [0.2, 0.25) is 0 Å². The maximum absolute atomic E-state index is 8.91. The maximum Gasteiger partial charge on any atom is 0.196 e. The molecule has 4 nitrogen and oxygen atoms in total. The van der Waals surface area contributed by atoms with Crippen LogP contribution < -0.4 is 9.47 Å². The van der Waals surface area contributed by atoms with Gasteiger partial charge < -0.3 is 19.3 Å². The number of ether oxygens (including phenoxy) is 3. The third kappa shape index (κ3) is 7.39. The lowest BCUT2D eigenvalue weighted by atomic mass is 9.96. The second-order valence-corrected chi connectivity index (χ2v) is 8.33. The van der Waals surface area contributed by atoms with Gasteiger partial charge in [-0.05, 0) is 73.4 Å². The molecule has 1 N–H and O–H groups in total. The van der Waals surface area contributed by atoms with Gasteiger partial charge in [0.25, 0.3) is 0 Å². The molecule has 0 bridgehead atoms. The Balaban J connectivity index is 1.55. The quantitative estimate of drug-likeness (QED) is 0.194. The maximum atomic E-state index is 8.91. The molecular formula is C30H32O4. The topological polar surface area (TPSA) is 47.9 Å². The van der Waals surface area contributed by atoms with Crippen molar-refractivity contribution in [1.29, 1.82) is 0 Å². The molecule has 0 heterocycles. The van der Waals surface area contributed by atoms with Crippen molar-refractivity contribution in [2.75, 3.05) is 7.11 Å². The van der Waals surface area contributed by atoms with Crippen LogP contribution in [-0.4, -0.2) is 18.5 Å². The van der Waals surface area contributed by atoms with Crippen LogP contribution in [0.3, 0.4) is 0 Å². The summed E-state index contributed by atoms with van der Waals surface area (Å²) in [7, 11) is 1.62. The average molecular weight is 457 g/mol. The number of methoxy groups -OCH3 is 1. The highest BCUT2D eigenvalue weighted by molar-refractivity contribution is 5.58. The van der Waals surface area contributed by atoms with E-state index in [1.165, 1.54) is 0 Å². The number of hydrogen-bond donors (Lipinski definition) is 1. The van der Waals surface area contributed by atoms with Crippen molar-refractivity contribution in [2.24, 2.45) is 0 Å². The number of aliphatic hydroxyl groups excluding tert-OH is 1. The molecule has 3 aromatic rings. The zero-order chi connectivity index (χ0) is 24.4. The Kier molecular flexibility index (Phi) is 8.72. The summed E-state index contributed by atoms with van der Waals surface area (Å²) in [6, 6.07) is 23.8. The first kappa shape index (κ1) is 24.9. The zero-order valence-electron chi connectivity index (χ0n) is 20.1. The van der Waals surface area contributed by atoms with Gasteiger partial charge in [-0.2, -0.15) is 0 Å². The van der Waals surface area contributed by atoms with Crippen LogP contribution in [0, 0.1) is 0 Å². The van der Waals surface area contributed by atoms with E-state index in [0.717, 1.165) is 40.0 Å². The van der Waals surface area contributed by atoms with Gasteiger partial charge >= 0.3 is 0 Å². The number of hydrogen-bond acceptors (Lipinski definition) is 4. The molecule has 0 amide bonds. The molecule has 0 aliphatic carbocycles. The van der Waals surface area contributed by atoms with E-state index in [4.69, 9.17) is 19.3 Å². The van der Waals surface area contributed by atoms with Crippen molar-refractivity contribution < 1.29 is 19.3 Å². The van der Waals surface area contributed by atoms with Crippen molar-refractivity contribution in [2.45, 2.75) is 32.7 Å². The predicted molar refractivity (Wildman–Crippen MR) is 140 cm³/mol. The van der Waals surface area contributed by atoms with Crippen molar-refractivity contribution >= 4 is 18.2 Å². The molecule has 0 aromatic heterocycles.